The SMILES string of the molecule is Oc1cccc(CCCl)c1CCCl. The maximum atomic E-state index is 9.55. The number of phenols is 1. The van der Waals surface area contributed by atoms with E-state index in [1.807, 2.05) is 12.1 Å². The van der Waals surface area contributed by atoms with Gasteiger partial charge in [-0.05, 0) is 30.0 Å². The predicted molar refractivity (Wildman–Crippen MR) is 57.0 cm³/mol. The first-order valence-corrected chi connectivity index (χ1v) is 5.28. The highest BCUT2D eigenvalue weighted by molar-refractivity contribution is 6.18. The molecule has 0 heterocycles. The van der Waals surface area contributed by atoms with Gasteiger partial charge in [-0.25, -0.2) is 0 Å². The quantitative estimate of drug-likeness (QED) is 0.772. The molecule has 0 bridgehead atoms. The average Bonchev–Trinajstić information content (AvgIpc) is 2.11. The number of aromatic hydroxyl groups is 1. The molecule has 0 saturated carbocycles. The highest BCUT2D eigenvalue weighted by Gasteiger charge is 2.05. The summed E-state index contributed by atoms with van der Waals surface area (Å²) < 4.78 is 0. The van der Waals surface area contributed by atoms with Crippen molar-refractivity contribution in [3.05, 3.63) is 29.3 Å². The lowest BCUT2D eigenvalue weighted by molar-refractivity contribution is 0.468. The Morgan fingerprint density at radius 1 is 1.08 bits per heavy atom. The van der Waals surface area contributed by atoms with Crippen LogP contribution in [-0.2, 0) is 12.8 Å². The van der Waals surface area contributed by atoms with E-state index in [0.29, 0.717) is 23.9 Å². The van der Waals surface area contributed by atoms with Crippen LogP contribution in [0.3, 0.4) is 0 Å². The molecular weight excluding hydrogens is 207 g/mol. The molecule has 0 spiro atoms. The summed E-state index contributed by atoms with van der Waals surface area (Å²) in [5.74, 6) is 1.41. The van der Waals surface area contributed by atoms with Crippen LogP contribution in [0.5, 0.6) is 5.75 Å². The number of rotatable bonds is 4. The summed E-state index contributed by atoms with van der Waals surface area (Å²) in [6, 6.07) is 5.48. The second kappa shape index (κ2) is 5.36. The average molecular weight is 219 g/mol. The lowest BCUT2D eigenvalue weighted by atomic mass is 10.0. The Bertz CT molecular complexity index is 274. The third-order valence-corrected chi connectivity index (χ3v) is 2.33. The highest BCUT2D eigenvalue weighted by atomic mass is 35.5. The summed E-state index contributed by atoms with van der Waals surface area (Å²) in [4.78, 5) is 0. The minimum absolute atomic E-state index is 0.322. The number of hydrogen-bond donors (Lipinski definition) is 1. The lowest BCUT2D eigenvalue weighted by Gasteiger charge is -2.08. The maximum Gasteiger partial charge on any atom is 0.119 e. The van der Waals surface area contributed by atoms with Gasteiger partial charge in [-0.3, -0.25) is 0 Å². The van der Waals surface area contributed by atoms with Gasteiger partial charge >= 0.3 is 0 Å². The second-order valence-electron chi connectivity index (χ2n) is 2.79. The molecule has 13 heavy (non-hydrogen) atoms. The Morgan fingerprint density at radius 3 is 2.38 bits per heavy atom. The molecule has 0 atom stereocenters. The van der Waals surface area contributed by atoms with Crippen LogP contribution in [0.4, 0.5) is 0 Å². The molecule has 0 aliphatic heterocycles. The zero-order valence-electron chi connectivity index (χ0n) is 7.26. The lowest BCUT2D eigenvalue weighted by Crippen LogP contribution is -1.96. The van der Waals surface area contributed by atoms with Crippen molar-refractivity contribution >= 4 is 23.2 Å². The number of hydrogen-bond acceptors (Lipinski definition) is 1. The minimum Gasteiger partial charge on any atom is -0.508 e. The maximum absolute atomic E-state index is 9.55. The van der Waals surface area contributed by atoms with Gasteiger partial charge in [0.05, 0.1) is 0 Å². The molecule has 1 rings (SSSR count). The van der Waals surface area contributed by atoms with Gasteiger partial charge in [0.15, 0.2) is 0 Å². The molecule has 0 aromatic heterocycles. The van der Waals surface area contributed by atoms with Crippen molar-refractivity contribution < 1.29 is 5.11 Å². The van der Waals surface area contributed by atoms with E-state index in [2.05, 4.69) is 0 Å². The largest absolute Gasteiger partial charge is 0.508 e. The van der Waals surface area contributed by atoms with E-state index in [1.54, 1.807) is 6.07 Å². The number of phenolic OH excluding ortho intramolecular Hbond substituents is 1. The van der Waals surface area contributed by atoms with Crippen LogP contribution in [0.15, 0.2) is 18.2 Å². The van der Waals surface area contributed by atoms with Gasteiger partial charge in [0.25, 0.3) is 0 Å². The number of alkyl halides is 2. The normalized spacial score (nSPS) is 10.3. The molecule has 0 radical (unpaired) electrons. The van der Waals surface area contributed by atoms with Crippen molar-refractivity contribution in [2.24, 2.45) is 0 Å². The zero-order valence-corrected chi connectivity index (χ0v) is 8.78. The first-order chi connectivity index (χ1) is 6.29. The van der Waals surface area contributed by atoms with E-state index in [0.717, 1.165) is 17.5 Å². The van der Waals surface area contributed by atoms with Gasteiger partial charge in [-0.2, -0.15) is 0 Å². The van der Waals surface area contributed by atoms with Crippen molar-refractivity contribution in [1.29, 1.82) is 0 Å². The van der Waals surface area contributed by atoms with Crippen molar-refractivity contribution in [2.45, 2.75) is 12.8 Å². The van der Waals surface area contributed by atoms with Gasteiger partial charge in [-0.1, -0.05) is 12.1 Å². The van der Waals surface area contributed by atoms with Crippen molar-refractivity contribution in [3.8, 4) is 5.75 Å². The molecule has 0 amide bonds. The Kier molecular flexibility index (Phi) is 4.40. The van der Waals surface area contributed by atoms with Gasteiger partial charge < -0.3 is 5.11 Å². The monoisotopic (exact) mass is 218 g/mol. The molecule has 0 aliphatic carbocycles. The summed E-state index contributed by atoms with van der Waals surface area (Å²) in [5.41, 5.74) is 2.02. The van der Waals surface area contributed by atoms with E-state index in [9.17, 15) is 5.11 Å². The van der Waals surface area contributed by atoms with Crippen LogP contribution in [-0.4, -0.2) is 16.9 Å². The van der Waals surface area contributed by atoms with Crippen LogP contribution in [0.1, 0.15) is 11.1 Å². The summed E-state index contributed by atoms with van der Waals surface area (Å²) in [6.45, 7) is 0. The fraction of sp³-hybridized carbons (Fsp3) is 0.400. The van der Waals surface area contributed by atoms with Crippen molar-refractivity contribution in [2.75, 3.05) is 11.8 Å². The van der Waals surface area contributed by atoms with Crippen LogP contribution in [0, 0.1) is 0 Å². The van der Waals surface area contributed by atoms with Crippen LogP contribution in [0.2, 0.25) is 0 Å². The van der Waals surface area contributed by atoms with E-state index in [1.165, 1.54) is 0 Å². The summed E-state index contributed by atoms with van der Waals surface area (Å²) in [7, 11) is 0. The van der Waals surface area contributed by atoms with Crippen molar-refractivity contribution in [3.63, 3.8) is 0 Å². The van der Waals surface area contributed by atoms with Gasteiger partial charge in [0.1, 0.15) is 5.75 Å². The highest BCUT2D eigenvalue weighted by Crippen LogP contribution is 2.22. The molecule has 1 aromatic carbocycles. The molecule has 72 valence electrons. The first-order valence-electron chi connectivity index (χ1n) is 4.21. The standard InChI is InChI=1S/C10H12Cl2O/c11-6-4-8-2-1-3-10(13)9(8)5-7-12/h1-3,13H,4-7H2. The van der Waals surface area contributed by atoms with Crippen LogP contribution in [0.25, 0.3) is 0 Å². The molecule has 1 aromatic rings. The fourth-order valence-corrected chi connectivity index (χ4v) is 1.73. The first kappa shape index (κ1) is 10.7. The Labute approximate surface area is 88.3 Å². The third-order valence-electron chi connectivity index (χ3n) is 1.96. The van der Waals surface area contributed by atoms with Gasteiger partial charge in [0, 0.05) is 11.8 Å². The van der Waals surface area contributed by atoms with Crippen LogP contribution < -0.4 is 0 Å². The third kappa shape index (κ3) is 2.78. The zero-order chi connectivity index (χ0) is 9.68. The van der Waals surface area contributed by atoms with Crippen molar-refractivity contribution in [1.82, 2.24) is 0 Å². The molecule has 0 saturated heterocycles. The number of aryl methyl sites for hydroxylation is 1. The van der Waals surface area contributed by atoms with E-state index in [-0.39, 0.29) is 0 Å². The fourth-order valence-electron chi connectivity index (χ4n) is 1.34. The Balaban J connectivity index is 2.95. The molecular formula is C10H12Cl2O. The molecule has 1 N–H and O–H groups in total. The molecule has 3 heteroatoms. The Morgan fingerprint density at radius 2 is 1.77 bits per heavy atom. The van der Waals surface area contributed by atoms with Gasteiger partial charge in [0.2, 0.25) is 0 Å². The van der Waals surface area contributed by atoms with E-state index >= 15 is 0 Å². The van der Waals surface area contributed by atoms with E-state index in [4.69, 9.17) is 23.2 Å². The number of benzene rings is 1. The minimum atomic E-state index is 0.322. The second-order valence-corrected chi connectivity index (χ2v) is 3.55. The van der Waals surface area contributed by atoms with E-state index < -0.39 is 0 Å². The van der Waals surface area contributed by atoms with Gasteiger partial charge in [-0.15, -0.1) is 23.2 Å². The smallest absolute Gasteiger partial charge is 0.119 e. The molecule has 0 aliphatic rings. The summed E-state index contributed by atoms with van der Waals surface area (Å²) >= 11 is 11.3. The predicted octanol–water partition coefficient (Wildman–Crippen LogP) is 2.95. The topological polar surface area (TPSA) is 20.2 Å². The summed E-state index contributed by atoms with van der Waals surface area (Å²) in [6.07, 6.45) is 1.47. The Hall–Kier alpha value is -0.400. The molecule has 1 nitrogen and oxygen atoms in total. The molecule has 0 fully saturated rings. The summed E-state index contributed by atoms with van der Waals surface area (Å²) in [5, 5.41) is 9.55. The van der Waals surface area contributed by atoms with Crippen LogP contribution >= 0.6 is 23.2 Å². The number of halogens is 2. The molecule has 0 unspecified atom stereocenters.